The van der Waals surface area contributed by atoms with E-state index in [9.17, 15) is 4.21 Å². The SMILES string of the molecule is Cc1cc(Cl)c(Cl)c(Cl)c1S(=O)O. The second kappa shape index (κ2) is 4.15. The molecule has 1 atom stereocenters. The van der Waals surface area contributed by atoms with Crippen molar-refractivity contribution in [3.63, 3.8) is 0 Å². The Morgan fingerprint density at radius 3 is 2.31 bits per heavy atom. The molecule has 0 aliphatic heterocycles. The summed E-state index contributed by atoms with van der Waals surface area (Å²) in [7, 11) is 0. The molecule has 0 spiro atoms. The lowest BCUT2D eigenvalue weighted by Crippen LogP contribution is -1.94. The molecule has 72 valence electrons. The first-order chi connectivity index (χ1) is 5.95. The normalized spacial score (nSPS) is 13.0. The number of aryl methyl sites for hydroxylation is 1. The van der Waals surface area contributed by atoms with Crippen LogP contribution in [0, 0.1) is 6.92 Å². The Hall–Kier alpha value is 0.200. The van der Waals surface area contributed by atoms with Gasteiger partial charge in [-0.1, -0.05) is 34.8 Å². The highest BCUT2D eigenvalue weighted by atomic mass is 35.5. The molecule has 1 N–H and O–H groups in total. The molecule has 0 aliphatic rings. The average Bonchev–Trinajstić information content (AvgIpc) is 1.99. The summed E-state index contributed by atoms with van der Waals surface area (Å²) in [5.74, 6) is 0. The average molecular weight is 260 g/mol. The highest BCUT2D eigenvalue weighted by Gasteiger charge is 2.15. The van der Waals surface area contributed by atoms with E-state index in [1.54, 1.807) is 6.92 Å². The van der Waals surface area contributed by atoms with E-state index >= 15 is 0 Å². The number of benzene rings is 1. The van der Waals surface area contributed by atoms with Gasteiger partial charge in [0.25, 0.3) is 0 Å². The molecule has 0 amide bonds. The predicted molar refractivity (Wildman–Crippen MR) is 55.2 cm³/mol. The van der Waals surface area contributed by atoms with Crippen molar-refractivity contribution in [1.29, 1.82) is 0 Å². The minimum atomic E-state index is -2.15. The Morgan fingerprint density at radius 2 is 1.85 bits per heavy atom. The molecule has 1 aromatic rings. The Balaban J connectivity index is 3.53. The van der Waals surface area contributed by atoms with Crippen LogP contribution in [-0.4, -0.2) is 8.76 Å². The molecule has 0 saturated carbocycles. The van der Waals surface area contributed by atoms with Crippen LogP contribution in [-0.2, 0) is 11.1 Å². The van der Waals surface area contributed by atoms with Crippen molar-refractivity contribution in [3.05, 3.63) is 26.7 Å². The first-order valence-electron chi connectivity index (χ1n) is 3.20. The lowest BCUT2D eigenvalue weighted by Gasteiger charge is -2.06. The van der Waals surface area contributed by atoms with Crippen LogP contribution in [0.5, 0.6) is 0 Å². The molecule has 0 saturated heterocycles. The van der Waals surface area contributed by atoms with Crippen LogP contribution in [0.4, 0.5) is 0 Å². The number of halogens is 3. The number of rotatable bonds is 1. The minimum Gasteiger partial charge on any atom is -0.302 e. The van der Waals surface area contributed by atoms with E-state index in [-0.39, 0.29) is 20.0 Å². The summed E-state index contributed by atoms with van der Waals surface area (Å²) in [6.07, 6.45) is 0. The zero-order chi connectivity index (χ0) is 10.2. The van der Waals surface area contributed by atoms with Crippen LogP contribution in [0.2, 0.25) is 15.1 Å². The lowest BCUT2D eigenvalue weighted by atomic mass is 10.2. The number of hydrogen-bond acceptors (Lipinski definition) is 1. The Bertz CT molecular complexity index is 378. The van der Waals surface area contributed by atoms with Gasteiger partial charge >= 0.3 is 0 Å². The second-order valence-corrected chi connectivity index (χ2v) is 4.45. The monoisotopic (exact) mass is 258 g/mol. The molecule has 0 heterocycles. The molecule has 0 aromatic heterocycles. The van der Waals surface area contributed by atoms with Crippen LogP contribution in [0.25, 0.3) is 0 Å². The van der Waals surface area contributed by atoms with Crippen molar-refractivity contribution in [2.45, 2.75) is 11.8 Å². The van der Waals surface area contributed by atoms with Crippen LogP contribution in [0.15, 0.2) is 11.0 Å². The first kappa shape index (κ1) is 11.3. The van der Waals surface area contributed by atoms with Gasteiger partial charge in [-0.15, -0.1) is 0 Å². The third kappa shape index (κ3) is 2.17. The zero-order valence-electron chi connectivity index (χ0n) is 6.47. The quantitative estimate of drug-likeness (QED) is 0.619. The molecule has 0 bridgehead atoms. The van der Waals surface area contributed by atoms with Gasteiger partial charge in [0.1, 0.15) is 0 Å². The Kier molecular flexibility index (Phi) is 3.60. The summed E-state index contributed by atoms with van der Waals surface area (Å²) in [4.78, 5) is 0.107. The van der Waals surface area contributed by atoms with Crippen molar-refractivity contribution in [3.8, 4) is 0 Å². The molecule has 0 fully saturated rings. The van der Waals surface area contributed by atoms with Gasteiger partial charge in [0, 0.05) is 0 Å². The summed E-state index contributed by atoms with van der Waals surface area (Å²) >= 11 is 15.0. The van der Waals surface area contributed by atoms with Crippen molar-refractivity contribution < 1.29 is 8.76 Å². The second-order valence-electron chi connectivity index (χ2n) is 2.38. The fourth-order valence-electron chi connectivity index (χ4n) is 0.911. The van der Waals surface area contributed by atoms with Gasteiger partial charge in [-0.2, -0.15) is 0 Å². The third-order valence-corrected chi connectivity index (χ3v) is 3.73. The topological polar surface area (TPSA) is 37.3 Å². The summed E-state index contributed by atoms with van der Waals surface area (Å²) in [6, 6.07) is 1.50. The van der Waals surface area contributed by atoms with Crippen LogP contribution < -0.4 is 0 Å². The number of hydrogen-bond donors (Lipinski definition) is 1. The van der Waals surface area contributed by atoms with E-state index < -0.39 is 11.1 Å². The standard InChI is InChI=1S/C7H5Cl3O2S/c1-3-2-4(8)5(9)6(10)7(3)13(11)12/h2H,1H3,(H,11,12). The van der Waals surface area contributed by atoms with Gasteiger partial charge < -0.3 is 4.55 Å². The highest BCUT2D eigenvalue weighted by Crippen LogP contribution is 2.36. The van der Waals surface area contributed by atoms with Crippen molar-refractivity contribution >= 4 is 45.9 Å². The first-order valence-corrected chi connectivity index (χ1v) is 5.44. The van der Waals surface area contributed by atoms with Crippen LogP contribution in [0.3, 0.4) is 0 Å². The zero-order valence-corrected chi connectivity index (χ0v) is 9.56. The smallest absolute Gasteiger partial charge is 0.188 e. The van der Waals surface area contributed by atoms with Gasteiger partial charge in [0.15, 0.2) is 11.1 Å². The molecule has 6 heteroatoms. The van der Waals surface area contributed by atoms with Crippen molar-refractivity contribution in [1.82, 2.24) is 0 Å². The van der Waals surface area contributed by atoms with E-state index in [4.69, 9.17) is 39.4 Å². The van der Waals surface area contributed by atoms with Crippen molar-refractivity contribution in [2.75, 3.05) is 0 Å². The molecular weight excluding hydrogens is 255 g/mol. The maximum absolute atomic E-state index is 10.8. The largest absolute Gasteiger partial charge is 0.302 e. The Morgan fingerprint density at radius 1 is 1.31 bits per heavy atom. The van der Waals surface area contributed by atoms with Gasteiger partial charge in [-0.3, -0.25) is 0 Å². The summed E-state index contributed by atoms with van der Waals surface area (Å²) in [6.45, 7) is 1.64. The Labute approximate surface area is 93.1 Å². The minimum absolute atomic E-state index is 0.0347. The molecule has 1 rings (SSSR count). The third-order valence-electron chi connectivity index (χ3n) is 1.48. The van der Waals surface area contributed by atoms with Gasteiger partial charge in [0.2, 0.25) is 0 Å². The maximum Gasteiger partial charge on any atom is 0.188 e. The van der Waals surface area contributed by atoms with E-state index in [0.717, 1.165) is 0 Å². The van der Waals surface area contributed by atoms with Gasteiger partial charge in [0.05, 0.1) is 20.0 Å². The summed E-state index contributed by atoms with van der Waals surface area (Å²) < 4.78 is 19.7. The fourth-order valence-corrected chi connectivity index (χ4v) is 2.46. The highest BCUT2D eigenvalue weighted by molar-refractivity contribution is 7.79. The molecule has 1 unspecified atom stereocenters. The predicted octanol–water partition coefficient (Wildman–Crippen LogP) is 3.54. The van der Waals surface area contributed by atoms with Crippen LogP contribution >= 0.6 is 34.8 Å². The molecule has 0 radical (unpaired) electrons. The maximum atomic E-state index is 10.8. The van der Waals surface area contributed by atoms with E-state index in [2.05, 4.69) is 0 Å². The summed E-state index contributed by atoms with van der Waals surface area (Å²) in [5, 5.41) is 0.414. The van der Waals surface area contributed by atoms with E-state index in [0.29, 0.717) is 5.56 Å². The molecule has 2 nitrogen and oxygen atoms in total. The summed E-state index contributed by atoms with van der Waals surface area (Å²) in [5.41, 5.74) is 0.542. The molecule has 13 heavy (non-hydrogen) atoms. The lowest BCUT2D eigenvalue weighted by molar-refractivity contribution is 0.564. The fraction of sp³-hybridized carbons (Fsp3) is 0.143. The molecule has 0 aliphatic carbocycles. The van der Waals surface area contributed by atoms with Gasteiger partial charge in [-0.05, 0) is 18.6 Å². The van der Waals surface area contributed by atoms with E-state index in [1.165, 1.54) is 6.07 Å². The van der Waals surface area contributed by atoms with Gasteiger partial charge in [-0.25, -0.2) is 4.21 Å². The van der Waals surface area contributed by atoms with E-state index in [1.807, 2.05) is 0 Å². The molecule has 1 aromatic carbocycles. The van der Waals surface area contributed by atoms with Crippen LogP contribution in [0.1, 0.15) is 5.56 Å². The molecular formula is C7H5Cl3O2S. The van der Waals surface area contributed by atoms with Crippen molar-refractivity contribution in [2.24, 2.45) is 0 Å².